The van der Waals surface area contributed by atoms with Gasteiger partial charge in [-0.3, -0.25) is 0 Å². The quantitative estimate of drug-likeness (QED) is 0.339. The van der Waals surface area contributed by atoms with E-state index in [1.54, 1.807) is 60.7 Å². The van der Waals surface area contributed by atoms with Gasteiger partial charge in [-0.1, -0.05) is 36.4 Å². The second-order valence-corrected chi connectivity index (χ2v) is 4.05. The molecule has 114 valence electrons. The summed E-state index contributed by atoms with van der Waals surface area (Å²) in [7, 11) is 0. The zero-order valence-electron chi connectivity index (χ0n) is 11.6. The Balaban J connectivity index is 1.71. The zero-order valence-corrected chi connectivity index (χ0v) is 11.6. The van der Waals surface area contributed by atoms with Crippen LogP contribution in [0.5, 0.6) is 0 Å². The molecule has 0 aliphatic rings. The van der Waals surface area contributed by atoms with Gasteiger partial charge in [-0.2, -0.15) is 0 Å². The van der Waals surface area contributed by atoms with Crippen LogP contribution < -0.4 is 0 Å². The third-order valence-electron chi connectivity index (χ3n) is 2.48. The minimum atomic E-state index is -0.0162. The number of benzene rings is 2. The van der Waals surface area contributed by atoms with Crippen LogP contribution >= 0.6 is 0 Å². The van der Waals surface area contributed by atoms with Crippen molar-refractivity contribution < 1.29 is 19.4 Å². The van der Waals surface area contributed by atoms with Crippen molar-refractivity contribution in [2.75, 3.05) is 13.2 Å². The van der Waals surface area contributed by atoms with Crippen LogP contribution in [0.15, 0.2) is 71.2 Å². The van der Waals surface area contributed by atoms with Gasteiger partial charge in [-0.15, -0.1) is 0 Å². The maximum atomic E-state index is 11.5. The predicted octanol–water partition coefficient (Wildman–Crippen LogP) is 3.44. The van der Waals surface area contributed by atoms with Gasteiger partial charge in [0.25, 0.3) is 0 Å². The third kappa shape index (κ3) is 4.75. The summed E-state index contributed by atoms with van der Waals surface area (Å²) < 4.78 is 0. The highest BCUT2D eigenvalue weighted by molar-refractivity contribution is 5.28. The molecule has 2 aromatic rings. The molecule has 0 aromatic heterocycles. The van der Waals surface area contributed by atoms with Crippen LogP contribution in [0.2, 0.25) is 0 Å². The van der Waals surface area contributed by atoms with Gasteiger partial charge in [0.15, 0.2) is 13.2 Å². The Kier molecular flexibility index (Phi) is 5.68. The molecule has 0 heterocycles. The van der Waals surface area contributed by atoms with Gasteiger partial charge in [0.2, 0.25) is 21.9 Å². The van der Waals surface area contributed by atoms with Gasteiger partial charge in [0.05, 0.1) is 0 Å². The Morgan fingerprint density at radius 3 is 1.41 bits per heavy atom. The van der Waals surface area contributed by atoms with Gasteiger partial charge in [-0.05, 0) is 9.72 Å². The van der Waals surface area contributed by atoms with Gasteiger partial charge in [0, 0.05) is 24.3 Å². The number of nitrogens with zero attached hydrogens (tertiary/aromatic N) is 4. The van der Waals surface area contributed by atoms with Crippen molar-refractivity contribution in [2.45, 2.75) is 0 Å². The normalized spacial score (nSPS) is 12.0. The second-order valence-electron chi connectivity index (χ2n) is 4.05. The van der Waals surface area contributed by atoms with Crippen molar-refractivity contribution in [3.63, 3.8) is 0 Å². The van der Waals surface area contributed by atoms with E-state index in [-0.39, 0.29) is 13.2 Å². The lowest BCUT2D eigenvalue weighted by Crippen LogP contribution is -2.02. The van der Waals surface area contributed by atoms with Crippen LogP contribution in [0.4, 0.5) is 11.4 Å². The lowest BCUT2D eigenvalue weighted by Gasteiger charge is -2.00. The molecule has 22 heavy (non-hydrogen) atoms. The maximum absolute atomic E-state index is 11.5. The minimum Gasteiger partial charge on any atom is -0.592 e. The first-order chi connectivity index (χ1) is 10.8. The molecule has 0 bridgehead atoms. The monoisotopic (exact) mass is 302 g/mol. The van der Waals surface area contributed by atoms with E-state index in [9.17, 15) is 10.4 Å². The molecule has 0 aliphatic carbocycles. The van der Waals surface area contributed by atoms with Crippen molar-refractivity contribution in [1.82, 2.24) is 0 Å². The van der Waals surface area contributed by atoms with E-state index in [1.807, 2.05) is 0 Å². The molecule has 0 saturated heterocycles. The van der Waals surface area contributed by atoms with Crippen LogP contribution in [0.1, 0.15) is 0 Å². The second kappa shape index (κ2) is 8.20. The maximum Gasteiger partial charge on any atom is 0.248 e. The summed E-state index contributed by atoms with van der Waals surface area (Å²) in [6, 6.07) is 16.8. The lowest BCUT2D eigenvalue weighted by molar-refractivity contribution is -0.485. The molecular weight excluding hydrogens is 288 g/mol. The molecule has 0 atom stereocenters. The summed E-state index contributed by atoms with van der Waals surface area (Å²) in [6.45, 7) is -0.0323. The molecule has 0 saturated carbocycles. The first-order valence-electron chi connectivity index (χ1n) is 6.48. The van der Waals surface area contributed by atoms with Gasteiger partial charge in [-0.25, -0.2) is 0 Å². The lowest BCUT2D eigenvalue weighted by atomic mass is 10.3. The summed E-state index contributed by atoms with van der Waals surface area (Å²) in [5, 5.41) is 29.6. The highest BCUT2D eigenvalue weighted by Gasteiger charge is 2.03. The predicted molar refractivity (Wildman–Crippen MR) is 76.2 cm³/mol. The molecule has 2 aromatic carbocycles. The van der Waals surface area contributed by atoms with Crippen molar-refractivity contribution in [3.05, 3.63) is 71.1 Å². The molecule has 0 N–H and O–H groups in total. The van der Waals surface area contributed by atoms with E-state index < -0.39 is 0 Å². The fraction of sp³-hybridized carbons (Fsp3) is 0.143. The average molecular weight is 302 g/mol. The summed E-state index contributed by atoms with van der Waals surface area (Å²) in [4.78, 5) is 10.2. The van der Waals surface area contributed by atoms with Crippen molar-refractivity contribution >= 4 is 11.4 Å². The highest BCUT2D eigenvalue weighted by Crippen LogP contribution is 2.10. The van der Waals surface area contributed by atoms with Crippen LogP contribution in [0.3, 0.4) is 0 Å². The van der Waals surface area contributed by atoms with E-state index >= 15 is 0 Å². The topological polar surface area (TPSA) is 95.3 Å². The Morgan fingerprint density at radius 2 is 1.05 bits per heavy atom. The first kappa shape index (κ1) is 15.2. The molecule has 0 unspecified atom stereocenters. The Hall–Kier alpha value is -3.16. The fourth-order valence-electron chi connectivity index (χ4n) is 1.47. The van der Waals surface area contributed by atoms with E-state index in [0.717, 1.165) is 0 Å². The Morgan fingerprint density at radius 1 is 0.682 bits per heavy atom. The third-order valence-corrected chi connectivity index (χ3v) is 2.48. The van der Waals surface area contributed by atoms with E-state index in [1.165, 1.54) is 0 Å². The largest absolute Gasteiger partial charge is 0.592 e. The van der Waals surface area contributed by atoms with Gasteiger partial charge in [0.1, 0.15) is 0 Å². The van der Waals surface area contributed by atoms with Crippen molar-refractivity contribution in [2.24, 2.45) is 10.6 Å². The number of para-hydroxylation sites is 2. The molecule has 0 radical (unpaired) electrons. The van der Waals surface area contributed by atoms with Crippen LogP contribution in [-0.4, -0.2) is 22.9 Å². The average Bonchev–Trinajstić information content (AvgIpc) is 2.59. The van der Waals surface area contributed by atoms with Crippen molar-refractivity contribution in [1.29, 1.82) is 0 Å². The van der Waals surface area contributed by atoms with Crippen LogP contribution in [-0.2, 0) is 9.68 Å². The molecule has 2 rings (SSSR count). The van der Waals surface area contributed by atoms with E-state index in [0.29, 0.717) is 21.1 Å². The SMILES string of the molecule is [O-]/[N+](=N\OCCO/N=[N+](/[O-])c1ccccc1)c1ccccc1. The first-order valence-corrected chi connectivity index (χ1v) is 6.48. The Bertz CT molecular complexity index is 574. The highest BCUT2D eigenvalue weighted by atomic mass is 16.7. The van der Waals surface area contributed by atoms with Gasteiger partial charge < -0.3 is 20.1 Å². The fourth-order valence-corrected chi connectivity index (χ4v) is 1.47. The molecule has 0 aliphatic heterocycles. The van der Waals surface area contributed by atoms with Crippen molar-refractivity contribution in [3.8, 4) is 0 Å². The smallest absolute Gasteiger partial charge is 0.248 e. The van der Waals surface area contributed by atoms with E-state index in [2.05, 4.69) is 10.6 Å². The number of hydrogen-bond donors (Lipinski definition) is 0. The molecule has 8 heteroatoms. The van der Waals surface area contributed by atoms with Crippen LogP contribution in [0.25, 0.3) is 0 Å². The van der Waals surface area contributed by atoms with Gasteiger partial charge >= 0.3 is 0 Å². The summed E-state index contributed by atoms with van der Waals surface area (Å²) in [5.74, 6) is 0. The summed E-state index contributed by atoms with van der Waals surface area (Å²) in [6.07, 6.45) is 0. The van der Waals surface area contributed by atoms with Crippen LogP contribution in [0, 0.1) is 10.4 Å². The summed E-state index contributed by atoms with van der Waals surface area (Å²) in [5.41, 5.74) is 0.700. The number of rotatable bonds is 7. The molecule has 8 nitrogen and oxygen atoms in total. The Labute approximate surface area is 126 Å². The molecule has 0 spiro atoms. The summed E-state index contributed by atoms with van der Waals surface area (Å²) >= 11 is 0. The minimum absolute atomic E-state index is 0.0162. The molecular formula is C14H14N4O4. The number of hydrogen-bond acceptors (Lipinski definition) is 6. The van der Waals surface area contributed by atoms with E-state index in [4.69, 9.17) is 9.68 Å². The molecule has 0 amide bonds. The molecule has 0 fully saturated rings. The standard InChI is InChI=1S/C14H14N4O4/c19-17(13-7-3-1-4-8-13)15-21-11-12-22-16-18(20)14-9-5-2-6-10-14/h1-10H,11-12H2/b17-15-,18-16+. The zero-order chi connectivity index (χ0) is 15.6.